The molecular formula is C24H23NO4. The van der Waals surface area contributed by atoms with E-state index in [1.165, 1.54) is 0 Å². The normalized spacial score (nSPS) is 20.9. The fraction of sp³-hybridized carbons (Fsp3) is 0.333. The summed E-state index contributed by atoms with van der Waals surface area (Å²) < 4.78 is 10.9. The number of carbonyl (C=O) groups is 2. The Hall–Kier alpha value is -3.08. The third kappa shape index (κ3) is 3.01. The summed E-state index contributed by atoms with van der Waals surface area (Å²) in [4.78, 5) is 28.1. The van der Waals surface area contributed by atoms with Crippen LogP contribution in [0, 0.1) is 13.8 Å². The van der Waals surface area contributed by atoms with E-state index in [0.717, 1.165) is 46.5 Å². The van der Waals surface area contributed by atoms with Crippen LogP contribution in [0.5, 0.6) is 11.5 Å². The van der Waals surface area contributed by atoms with Crippen LogP contribution in [0.15, 0.2) is 47.7 Å². The van der Waals surface area contributed by atoms with Crippen molar-refractivity contribution in [3.05, 3.63) is 64.4 Å². The van der Waals surface area contributed by atoms with Crippen molar-refractivity contribution in [2.45, 2.75) is 45.4 Å². The highest BCUT2D eigenvalue weighted by Gasteiger charge is 2.40. The summed E-state index contributed by atoms with van der Waals surface area (Å²) in [5.74, 6) is 1.33. The molecule has 2 aromatic rings. The van der Waals surface area contributed by atoms with Crippen LogP contribution < -0.4 is 14.4 Å². The lowest BCUT2D eigenvalue weighted by atomic mass is 9.77. The number of amides is 1. The van der Waals surface area contributed by atoms with E-state index in [0.29, 0.717) is 17.9 Å². The van der Waals surface area contributed by atoms with Crippen molar-refractivity contribution in [1.82, 2.24) is 0 Å². The first-order valence-electron chi connectivity index (χ1n) is 10.1. The Bertz CT molecular complexity index is 1050. The predicted octanol–water partition coefficient (Wildman–Crippen LogP) is 4.56. The van der Waals surface area contributed by atoms with Crippen LogP contribution in [0.2, 0.25) is 0 Å². The Morgan fingerprint density at radius 1 is 0.931 bits per heavy atom. The molecule has 5 rings (SSSR count). The minimum absolute atomic E-state index is 0.0334. The van der Waals surface area contributed by atoms with Crippen LogP contribution in [0.25, 0.3) is 0 Å². The molecule has 0 fully saturated rings. The molecule has 2 aromatic carbocycles. The van der Waals surface area contributed by atoms with Crippen LogP contribution in [0.3, 0.4) is 0 Å². The van der Waals surface area contributed by atoms with Gasteiger partial charge in [0.25, 0.3) is 0 Å². The fourth-order valence-corrected chi connectivity index (χ4v) is 4.79. The molecule has 1 amide bonds. The molecule has 148 valence electrons. The number of ether oxygens (including phenoxy) is 2. The lowest BCUT2D eigenvalue weighted by molar-refractivity contribution is -0.119. The van der Waals surface area contributed by atoms with E-state index < -0.39 is 0 Å². The molecule has 0 radical (unpaired) electrons. The van der Waals surface area contributed by atoms with Gasteiger partial charge < -0.3 is 9.47 Å². The molecule has 0 saturated heterocycles. The van der Waals surface area contributed by atoms with E-state index in [4.69, 9.17) is 9.47 Å². The number of benzene rings is 2. The first kappa shape index (κ1) is 18.0. The van der Waals surface area contributed by atoms with Crippen LogP contribution >= 0.6 is 0 Å². The third-order valence-corrected chi connectivity index (χ3v) is 5.94. The maximum atomic E-state index is 13.3. The third-order valence-electron chi connectivity index (χ3n) is 5.94. The minimum atomic E-state index is -0.234. The molecule has 0 bridgehead atoms. The van der Waals surface area contributed by atoms with Crippen LogP contribution in [-0.4, -0.2) is 18.5 Å². The number of anilines is 1. The molecule has 2 heterocycles. The lowest BCUT2D eigenvalue weighted by Crippen LogP contribution is -2.40. The first-order chi connectivity index (χ1) is 14.0. The van der Waals surface area contributed by atoms with Crippen molar-refractivity contribution in [3.8, 4) is 11.5 Å². The van der Waals surface area contributed by atoms with Crippen LogP contribution in [-0.2, 0) is 9.59 Å². The van der Waals surface area contributed by atoms with Gasteiger partial charge in [0.2, 0.25) is 12.7 Å². The number of allylic oxidation sites excluding steroid dienone is 2. The topological polar surface area (TPSA) is 55.8 Å². The van der Waals surface area contributed by atoms with Gasteiger partial charge >= 0.3 is 0 Å². The number of carbonyl (C=O) groups excluding carboxylic acids is 2. The van der Waals surface area contributed by atoms with Crippen molar-refractivity contribution in [2.75, 3.05) is 11.7 Å². The van der Waals surface area contributed by atoms with Gasteiger partial charge in [-0.05, 0) is 67.6 Å². The van der Waals surface area contributed by atoms with Crippen LogP contribution in [0.4, 0.5) is 5.69 Å². The van der Waals surface area contributed by atoms with Gasteiger partial charge in [-0.15, -0.1) is 0 Å². The number of aryl methyl sites for hydroxylation is 2. The van der Waals surface area contributed by atoms with Crippen LogP contribution in [0.1, 0.15) is 48.3 Å². The maximum absolute atomic E-state index is 13.3. The summed E-state index contributed by atoms with van der Waals surface area (Å²) in [6, 6.07) is 11.9. The van der Waals surface area contributed by atoms with Gasteiger partial charge in [-0.2, -0.15) is 0 Å². The number of fused-ring (bicyclic) bond motifs is 1. The highest BCUT2D eigenvalue weighted by Crippen LogP contribution is 2.45. The molecule has 3 aliphatic rings. The van der Waals surface area contributed by atoms with Gasteiger partial charge in [-0.25, -0.2) is 0 Å². The van der Waals surface area contributed by atoms with Gasteiger partial charge in [-0.1, -0.05) is 12.1 Å². The molecule has 5 nitrogen and oxygen atoms in total. The molecule has 1 atom stereocenters. The minimum Gasteiger partial charge on any atom is -0.454 e. The highest BCUT2D eigenvalue weighted by molar-refractivity contribution is 6.07. The molecule has 1 aliphatic carbocycles. The molecule has 29 heavy (non-hydrogen) atoms. The van der Waals surface area contributed by atoms with Gasteiger partial charge in [0.1, 0.15) is 0 Å². The maximum Gasteiger partial charge on any atom is 0.232 e. The van der Waals surface area contributed by atoms with Crippen molar-refractivity contribution in [1.29, 1.82) is 0 Å². The Morgan fingerprint density at radius 2 is 1.69 bits per heavy atom. The SMILES string of the molecule is Cc1cc(C)cc(N2C(=O)C[C@@H](c3ccc4c(c3)OCO4)C3=C2CCCC3=O)c1. The van der Waals surface area contributed by atoms with Crippen molar-refractivity contribution >= 4 is 17.4 Å². The summed E-state index contributed by atoms with van der Waals surface area (Å²) in [7, 11) is 0. The molecule has 0 N–H and O–H groups in total. The molecule has 2 aliphatic heterocycles. The summed E-state index contributed by atoms with van der Waals surface area (Å²) in [5, 5.41) is 0. The number of nitrogens with zero attached hydrogens (tertiary/aromatic N) is 1. The smallest absolute Gasteiger partial charge is 0.232 e. The number of hydrogen-bond donors (Lipinski definition) is 0. The Balaban J connectivity index is 1.64. The van der Waals surface area contributed by atoms with Crippen molar-refractivity contribution in [3.63, 3.8) is 0 Å². The molecule has 0 spiro atoms. The largest absolute Gasteiger partial charge is 0.454 e. The Kier molecular flexibility index (Phi) is 4.19. The van der Waals surface area contributed by atoms with E-state index in [1.54, 1.807) is 4.90 Å². The number of hydrogen-bond acceptors (Lipinski definition) is 4. The number of ketones is 1. The average Bonchev–Trinajstić information content (AvgIpc) is 3.14. The van der Waals surface area contributed by atoms with E-state index in [-0.39, 0.29) is 30.8 Å². The summed E-state index contributed by atoms with van der Waals surface area (Å²) >= 11 is 0. The second kappa shape index (κ2) is 6.76. The summed E-state index contributed by atoms with van der Waals surface area (Å²) in [6.45, 7) is 4.26. The van der Waals surface area contributed by atoms with E-state index >= 15 is 0 Å². The molecule has 5 heteroatoms. The Morgan fingerprint density at radius 3 is 2.48 bits per heavy atom. The van der Waals surface area contributed by atoms with E-state index in [1.807, 2.05) is 44.2 Å². The first-order valence-corrected chi connectivity index (χ1v) is 10.1. The summed E-state index contributed by atoms with van der Waals surface area (Å²) in [6.07, 6.45) is 2.33. The Labute approximate surface area is 169 Å². The fourth-order valence-electron chi connectivity index (χ4n) is 4.79. The number of Topliss-reactive ketones (excluding diaryl/α,β-unsaturated/α-hetero) is 1. The van der Waals surface area contributed by atoms with E-state index in [9.17, 15) is 9.59 Å². The van der Waals surface area contributed by atoms with Gasteiger partial charge in [0.05, 0.1) is 0 Å². The van der Waals surface area contributed by atoms with Crippen molar-refractivity contribution < 1.29 is 19.1 Å². The van der Waals surface area contributed by atoms with E-state index in [2.05, 4.69) is 6.07 Å². The second-order valence-corrected chi connectivity index (χ2v) is 8.08. The highest BCUT2D eigenvalue weighted by atomic mass is 16.7. The number of rotatable bonds is 2. The quantitative estimate of drug-likeness (QED) is 0.756. The van der Waals surface area contributed by atoms with Gasteiger partial charge in [0, 0.05) is 35.7 Å². The van der Waals surface area contributed by atoms with Gasteiger partial charge in [-0.3, -0.25) is 14.5 Å². The lowest BCUT2D eigenvalue weighted by Gasteiger charge is -2.38. The second-order valence-electron chi connectivity index (χ2n) is 8.08. The van der Waals surface area contributed by atoms with Gasteiger partial charge in [0.15, 0.2) is 17.3 Å². The molecule has 0 saturated carbocycles. The van der Waals surface area contributed by atoms with Crippen molar-refractivity contribution in [2.24, 2.45) is 0 Å². The zero-order chi connectivity index (χ0) is 20.1. The predicted molar refractivity (Wildman–Crippen MR) is 109 cm³/mol. The molecule has 0 unspecified atom stereocenters. The molecular weight excluding hydrogens is 366 g/mol. The average molecular weight is 389 g/mol. The standard InChI is InChI=1S/C24H23NO4/c1-14-8-15(2)10-17(9-14)25-19-4-3-5-20(26)24(19)18(12-23(25)27)16-6-7-21-22(11-16)29-13-28-21/h6-11,18H,3-5,12-13H2,1-2H3/t18-/m0/s1. The zero-order valence-electron chi connectivity index (χ0n) is 16.7. The summed E-state index contributed by atoms with van der Waals surface area (Å²) in [5.41, 5.74) is 5.66. The zero-order valence-corrected chi connectivity index (χ0v) is 16.7. The monoisotopic (exact) mass is 389 g/mol. The molecule has 0 aromatic heterocycles.